The zero-order valence-electron chi connectivity index (χ0n) is 23.8. The minimum Gasteiger partial charge on any atom is -0.475 e. The Bertz CT molecular complexity index is 1840. The van der Waals surface area contributed by atoms with Gasteiger partial charge in [-0.3, -0.25) is 9.78 Å². The molecular formula is C33H30ClFN6O2. The molecule has 8 nitrogen and oxygen atoms in total. The molecule has 0 unspecified atom stereocenters. The molecule has 3 aliphatic rings. The Morgan fingerprint density at radius 2 is 2.05 bits per heavy atom. The summed E-state index contributed by atoms with van der Waals surface area (Å²) in [5.41, 5.74) is 1.57. The van der Waals surface area contributed by atoms with E-state index in [2.05, 4.69) is 39.5 Å². The van der Waals surface area contributed by atoms with Crippen LogP contribution in [0.3, 0.4) is 0 Å². The van der Waals surface area contributed by atoms with Crippen molar-refractivity contribution in [2.75, 3.05) is 38.2 Å². The van der Waals surface area contributed by atoms with E-state index in [4.69, 9.17) is 16.3 Å². The number of fused-ring (bicyclic) bond motifs is 3. The van der Waals surface area contributed by atoms with Crippen molar-refractivity contribution in [3.8, 4) is 23.2 Å². The van der Waals surface area contributed by atoms with Crippen LogP contribution in [-0.2, 0) is 4.79 Å². The summed E-state index contributed by atoms with van der Waals surface area (Å²) in [6, 6.07) is 13.6. The maximum absolute atomic E-state index is 16.7. The monoisotopic (exact) mass is 596 g/mol. The molecule has 5 heterocycles. The summed E-state index contributed by atoms with van der Waals surface area (Å²) in [5.74, 6) is -0.605. The van der Waals surface area contributed by atoms with Crippen molar-refractivity contribution in [2.24, 2.45) is 0 Å². The number of hydrogen-bond acceptors (Lipinski definition) is 7. The van der Waals surface area contributed by atoms with E-state index in [-0.39, 0.29) is 46.7 Å². The van der Waals surface area contributed by atoms with Gasteiger partial charge in [0.1, 0.15) is 29.5 Å². The lowest BCUT2D eigenvalue weighted by Crippen LogP contribution is -2.63. The van der Waals surface area contributed by atoms with E-state index in [1.54, 1.807) is 18.3 Å². The quantitative estimate of drug-likeness (QED) is 0.269. The number of likely N-dealkylation sites (tertiary alicyclic amines) is 2. The van der Waals surface area contributed by atoms with Crippen molar-refractivity contribution in [3.63, 3.8) is 0 Å². The van der Waals surface area contributed by atoms with Crippen LogP contribution >= 0.6 is 11.6 Å². The van der Waals surface area contributed by atoms with Crippen LogP contribution in [0.1, 0.15) is 24.8 Å². The second-order valence-corrected chi connectivity index (χ2v) is 11.9. The minimum absolute atomic E-state index is 0.00771. The second kappa shape index (κ2) is 10.8. The normalized spacial score (nSPS) is 21.6. The van der Waals surface area contributed by atoms with Gasteiger partial charge in [-0.05, 0) is 50.4 Å². The van der Waals surface area contributed by atoms with Gasteiger partial charge in [-0.2, -0.15) is 5.26 Å². The highest BCUT2D eigenvalue weighted by atomic mass is 35.5. The van der Waals surface area contributed by atoms with Crippen LogP contribution in [0.15, 0.2) is 55.3 Å². The van der Waals surface area contributed by atoms with Crippen LogP contribution in [0.4, 0.5) is 10.1 Å². The third-order valence-corrected chi connectivity index (χ3v) is 9.57. The van der Waals surface area contributed by atoms with E-state index in [9.17, 15) is 10.1 Å². The van der Waals surface area contributed by atoms with Crippen LogP contribution in [0.2, 0.25) is 5.02 Å². The molecule has 0 spiro atoms. The Kier molecular flexibility index (Phi) is 6.91. The summed E-state index contributed by atoms with van der Waals surface area (Å²) in [5, 5.41) is 12.9. The molecule has 0 N–H and O–H groups in total. The highest BCUT2D eigenvalue weighted by Crippen LogP contribution is 2.45. The molecular weight excluding hydrogens is 567 g/mol. The van der Waals surface area contributed by atoms with Gasteiger partial charge < -0.3 is 19.4 Å². The Labute approximate surface area is 253 Å². The predicted molar refractivity (Wildman–Crippen MR) is 165 cm³/mol. The number of nitrogens with zero attached hydrogens (tertiary/aromatic N) is 6. The SMILES string of the molecule is C=CC(=O)N1CC[C@@H]2[C@H]1CN2c1c(C#N)c(OC[C@@H]2CCCN2C)nc2c(F)c(-c3cccc4cccc(Cl)c34)ncc12. The molecule has 2 aromatic heterocycles. The number of carbonyl (C=O) groups is 1. The highest BCUT2D eigenvalue weighted by Gasteiger charge is 2.49. The predicted octanol–water partition coefficient (Wildman–Crippen LogP) is 5.56. The number of likely N-dealkylation sites (N-methyl/N-ethyl adjacent to an activating group) is 1. The molecule has 0 aliphatic carbocycles. The highest BCUT2D eigenvalue weighted by molar-refractivity contribution is 6.36. The summed E-state index contributed by atoms with van der Waals surface area (Å²) in [6.07, 6.45) is 5.70. The standard InChI is InChI=1S/C33H30ClFN6O2/c1-3-27(42)40-14-12-25-26(40)17-41(25)32-22(15-36)33(43-18-20-9-6-13-39(20)2)38-31-23(32)16-37-30(29(31)35)21-10-4-7-19-8-5-11-24(34)28(19)21/h3-5,7-8,10-11,16,20,25-26H,1,6,9,12-14,17-18H2,2H3/t20-,25+,26+/m0/s1. The van der Waals surface area contributed by atoms with Gasteiger partial charge in [0.05, 0.1) is 17.8 Å². The minimum atomic E-state index is -0.606. The first-order valence-corrected chi connectivity index (χ1v) is 14.9. The van der Waals surface area contributed by atoms with Gasteiger partial charge in [0, 0.05) is 46.7 Å². The molecule has 43 heavy (non-hydrogen) atoms. The Hall–Kier alpha value is -4.26. The van der Waals surface area contributed by atoms with E-state index in [0.717, 1.165) is 31.2 Å². The molecule has 3 aliphatic heterocycles. The second-order valence-electron chi connectivity index (χ2n) is 11.5. The number of anilines is 1. The van der Waals surface area contributed by atoms with Gasteiger partial charge in [-0.1, -0.05) is 48.5 Å². The van der Waals surface area contributed by atoms with Crippen molar-refractivity contribution in [1.29, 1.82) is 5.26 Å². The molecule has 3 saturated heterocycles. The third-order valence-electron chi connectivity index (χ3n) is 9.26. The molecule has 0 bridgehead atoms. The van der Waals surface area contributed by atoms with Crippen molar-refractivity contribution >= 4 is 44.9 Å². The number of ether oxygens (including phenoxy) is 1. The lowest BCUT2D eigenvalue weighted by molar-refractivity contribution is -0.127. The molecule has 2 aromatic carbocycles. The number of rotatable bonds is 6. The van der Waals surface area contributed by atoms with E-state index in [0.29, 0.717) is 46.7 Å². The molecule has 0 saturated carbocycles. The number of benzene rings is 2. The van der Waals surface area contributed by atoms with Crippen LogP contribution in [0, 0.1) is 17.1 Å². The largest absolute Gasteiger partial charge is 0.475 e. The first-order chi connectivity index (χ1) is 20.9. The molecule has 4 aromatic rings. The van der Waals surface area contributed by atoms with E-state index >= 15 is 4.39 Å². The summed E-state index contributed by atoms with van der Waals surface area (Å²) in [7, 11) is 2.05. The molecule has 3 atom stereocenters. The number of aromatic nitrogens is 2. The Morgan fingerprint density at radius 1 is 1.23 bits per heavy atom. The summed E-state index contributed by atoms with van der Waals surface area (Å²) in [4.78, 5) is 27.8. The van der Waals surface area contributed by atoms with Gasteiger partial charge in [-0.15, -0.1) is 0 Å². The topological polar surface area (TPSA) is 85.6 Å². The lowest BCUT2D eigenvalue weighted by Gasteiger charge is -2.48. The molecule has 1 amide bonds. The van der Waals surface area contributed by atoms with Gasteiger partial charge in [0.2, 0.25) is 11.8 Å². The van der Waals surface area contributed by atoms with Crippen molar-refractivity contribution in [1.82, 2.24) is 19.8 Å². The molecule has 10 heteroatoms. The fraction of sp³-hybridized carbons (Fsp3) is 0.333. The third kappa shape index (κ3) is 4.39. The number of nitriles is 1. The fourth-order valence-electron chi connectivity index (χ4n) is 6.97. The van der Waals surface area contributed by atoms with Crippen LogP contribution in [-0.4, -0.2) is 77.1 Å². The summed E-state index contributed by atoms with van der Waals surface area (Å²) < 4.78 is 22.9. The molecule has 7 rings (SSSR count). The maximum atomic E-state index is 16.7. The van der Waals surface area contributed by atoms with Crippen molar-refractivity contribution < 1.29 is 13.9 Å². The maximum Gasteiger partial charge on any atom is 0.246 e. The summed E-state index contributed by atoms with van der Waals surface area (Å²) >= 11 is 6.59. The molecule has 0 radical (unpaired) electrons. The van der Waals surface area contributed by atoms with Gasteiger partial charge in [0.15, 0.2) is 5.82 Å². The average Bonchev–Trinajstić information content (AvgIpc) is 3.57. The fourth-order valence-corrected chi connectivity index (χ4v) is 7.25. The van der Waals surface area contributed by atoms with E-state index in [1.807, 2.05) is 29.2 Å². The lowest BCUT2D eigenvalue weighted by atomic mass is 9.93. The zero-order chi connectivity index (χ0) is 29.8. The van der Waals surface area contributed by atoms with Crippen LogP contribution < -0.4 is 9.64 Å². The number of halogens is 2. The number of pyridine rings is 2. The van der Waals surface area contributed by atoms with E-state index < -0.39 is 5.82 Å². The number of amides is 1. The Morgan fingerprint density at radius 3 is 2.79 bits per heavy atom. The first kappa shape index (κ1) is 27.6. The van der Waals surface area contributed by atoms with Gasteiger partial charge in [-0.25, -0.2) is 9.37 Å². The molecule has 3 fully saturated rings. The number of hydrogen-bond donors (Lipinski definition) is 0. The van der Waals surface area contributed by atoms with E-state index in [1.165, 1.54) is 6.08 Å². The van der Waals surface area contributed by atoms with Crippen molar-refractivity contribution in [3.05, 3.63) is 71.7 Å². The average molecular weight is 597 g/mol. The van der Waals surface area contributed by atoms with Crippen LogP contribution in [0.5, 0.6) is 5.88 Å². The van der Waals surface area contributed by atoms with Gasteiger partial charge >= 0.3 is 0 Å². The zero-order valence-corrected chi connectivity index (χ0v) is 24.5. The van der Waals surface area contributed by atoms with Crippen molar-refractivity contribution in [2.45, 2.75) is 37.4 Å². The van der Waals surface area contributed by atoms with Gasteiger partial charge in [0.25, 0.3) is 0 Å². The first-order valence-electron chi connectivity index (χ1n) is 14.5. The number of carbonyl (C=O) groups excluding carboxylic acids is 1. The summed E-state index contributed by atoms with van der Waals surface area (Å²) in [6.45, 7) is 6.06. The Balaban J connectivity index is 1.38. The molecule has 218 valence electrons. The van der Waals surface area contributed by atoms with Crippen LogP contribution in [0.25, 0.3) is 32.9 Å². The smallest absolute Gasteiger partial charge is 0.246 e.